The molecule has 1 aromatic rings. The second kappa shape index (κ2) is 10.1. The van der Waals surface area contributed by atoms with Gasteiger partial charge in [-0.3, -0.25) is 4.79 Å². The molecule has 0 bridgehead atoms. The second-order valence-corrected chi connectivity index (χ2v) is 8.40. The summed E-state index contributed by atoms with van der Waals surface area (Å²) in [6.07, 6.45) is 0.185. The molecule has 1 aromatic carbocycles. The van der Waals surface area contributed by atoms with Gasteiger partial charge in [-0.05, 0) is 24.1 Å². The average molecular weight is 355 g/mol. The van der Waals surface area contributed by atoms with Gasteiger partial charge in [-0.15, -0.1) is 0 Å². The largest absolute Gasteiger partial charge is 0.481 e. The Kier molecular flexibility index (Phi) is 8.45. The molecule has 0 aliphatic heterocycles. The van der Waals surface area contributed by atoms with E-state index in [1.165, 1.54) is 0 Å². The van der Waals surface area contributed by atoms with E-state index in [9.17, 15) is 14.7 Å². The van der Waals surface area contributed by atoms with Gasteiger partial charge in [0.15, 0.2) is 0 Å². The summed E-state index contributed by atoms with van der Waals surface area (Å²) in [6.45, 7) is 2.41. The van der Waals surface area contributed by atoms with Crippen LogP contribution in [0.4, 0.5) is 5.69 Å². The Labute approximate surface area is 143 Å². The predicted molar refractivity (Wildman–Crippen MR) is 92.7 cm³/mol. The van der Waals surface area contributed by atoms with Crippen LogP contribution in [0.5, 0.6) is 0 Å². The van der Waals surface area contributed by atoms with Gasteiger partial charge in [0.1, 0.15) is 6.04 Å². The van der Waals surface area contributed by atoms with Crippen LogP contribution in [0.2, 0.25) is 5.54 Å². The number of rotatable bonds is 11. The lowest BCUT2D eigenvalue weighted by atomic mass is 10.1. The SMILES string of the molecule is CO[SiH](OC)C(C)CCN(c1ccccc1)[C@@H](CC(=O)O)C(=O)O. The maximum atomic E-state index is 11.6. The monoisotopic (exact) mass is 355 g/mol. The summed E-state index contributed by atoms with van der Waals surface area (Å²) < 4.78 is 10.7. The normalized spacial score (nSPS) is 13.5. The van der Waals surface area contributed by atoms with E-state index in [4.69, 9.17) is 14.0 Å². The fourth-order valence-corrected chi connectivity index (χ4v) is 4.16. The van der Waals surface area contributed by atoms with Crippen LogP contribution in [0.15, 0.2) is 30.3 Å². The summed E-state index contributed by atoms with van der Waals surface area (Å²) in [5.41, 5.74) is 0.844. The first kappa shape index (κ1) is 20.1. The summed E-state index contributed by atoms with van der Waals surface area (Å²) in [5, 5.41) is 18.5. The number of anilines is 1. The van der Waals surface area contributed by atoms with E-state index in [0.29, 0.717) is 18.7 Å². The molecule has 1 rings (SSSR count). The molecule has 1 unspecified atom stereocenters. The maximum Gasteiger partial charge on any atom is 0.326 e. The van der Waals surface area contributed by atoms with E-state index >= 15 is 0 Å². The Morgan fingerprint density at radius 3 is 2.21 bits per heavy atom. The number of carboxylic acid groups (broad SMARTS) is 2. The second-order valence-electron chi connectivity index (χ2n) is 5.59. The molecule has 7 nitrogen and oxygen atoms in total. The minimum atomic E-state index is -1.81. The first-order valence-corrected chi connectivity index (χ1v) is 9.33. The highest BCUT2D eigenvalue weighted by atomic mass is 28.3. The van der Waals surface area contributed by atoms with Crippen LogP contribution in [-0.2, 0) is 18.4 Å². The van der Waals surface area contributed by atoms with Gasteiger partial charge in [-0.2, -0.15) is 0 Å². The highest BCUT2D eigenvalue weighted by Crippen LogP contribution is 2.23. The van der Waals surface area contributed by atoms with Crippen molar-refractivity contribution >= 4 is 26.9 Å². The molecule has 0 saturated carbocycles. The number of benzene rings is 1. The van der Waals surface area contributed by atoms with Gasteiger partial charge in [-0.25, -0.2) is 4.79 Å². The Morgan fingerprint density at radius 2 is 1.75 bits per heavy atom. The number of nitrogens with zero attached hydrogens (tertiary/aromatic N) is 1. The summed E-state index contributed by atoms with van der Waals surface area (Å²) in [7, 11) is 1.40. The molecule has 8 heteroatoms. The van der Waals surface area contributed by atoms with Gasteiger partial charge >= 0.3 is 21.2 Å². The molecule has 2 atom stereocenters. The van der Waals surface area contributed by atoms with E-state index in [-0.39, 0.29) is 5.54 Å². The summed E-state index contributed by atoms with van der Waals surface area (Å²) in [5.74, 6) is -2.29. The Balaban J connectivity index is 2.97. The third kappa shape index (κ3) is 5.95. The maximum absolute atomic E-state index is 11.6. The molecular formula is C16H25NO6Si. The molecule has 0 saturated heterocycles. The molecular weight excluding hydrogens is 330 g/mol. The third-order valence-corrected chi connectivity index (χ3v) is 6.06. The lowest BCUT2D eigenvalue weighted by molar-refractivity contribution is -0.145. The molecule has 24 heavy (non-hydrogen) atoms. The zero-order chi connectivity index (χ0) is 18.1. The van der Waals surface area contributed by atoms with Crippen LogP contribution in [-0.4, -0.2) is 58.2 Å². The molecule has 2 N–H and O–H groups in total. The minimum absolute atomic E-state index is 0.158. The quantitative estimate of drug-likeness (QED) is 0.583. The van der Waals surface area contributed by atoms with Crippen LogP contribution < -0.4 is 4.90 Å². The number of carbonyl (C=O) groups is 2. The van der Waals surface area contributed by atoms with E-state index < -0.39 is 33.7 Å². The summed E-state index contributed by atoms with van der Waals surface area (Å²) in [4.78, 5) is 24.3. The fourth-order valence-electron chi connectivity index (χ4n) is 2.62. The molecule has 0 spiro atoms. The molecule has 0 aromatic heterocycles. The van der Waals surface area contributed by atoms with Crippen molar-refractivity contribution in [3.63, 3.8) is 0 Å². The lowest BCUT2D eigenvalue weighted by Crippen LogP contribution is -2.44. The van der Waals surface area contributed by atoms with Crippen molar-refractivity contribution in [1.29, 1.82) is 0 Å². The van der Waals surface area contributed by atoms with E-state index in [2.05, 4.69) is 0 Å². The molecule has 0 heterocycles. The van der Waals surface area contributed by atoms with Crippen LogP contribution in [0.25, 0.3) is 0 Å². The Hall–Kier alpha value is -1.90. The van der Waals surface area contributed by atoms with Crippen molar-refractivity contribution < 1.29 is 28.7 Å². The molecule has 134 valence electrons. The van der Waals surface area contributed by atoms with Gasteiger partial charge in [-0.1, -0.05) is 25.1 Å². The van der Waals surface area contributed by atoms with Crippen molar-refractivity contribution in [2.75, 3.05) is 25.7 Å². The number of hydrogen-bond donors (Lipinski definition) is 2. The van der Waals surface area contributed by atoms with Crippen molar-refractivity contribution in [2.45, 2.75) is 31.3 Å². The average Bonchev–Trinajstić information content (AvgIpc) is 2.55. The van der Waals surface area contributed by atoms with E-state index in [1.54, 1.807) is 43.4 Å². The lowest BCUT2D eigenvalue weighted by Gasteiger charge is -2.31. The highest BCUT2D eigenvalue weighted by molar-refractivity contribution is 6.46. The smallest absolute Gasteiger partial charge is 0.326 e. The highest BCUT2D eigenvalue weighted by Gasteiger charge is 2.30. The molecule has 0 aliphatic carbocycles. The summed E-state index contributed by atoms with van der Waals surface area (Å²) in [6, 6.07) is 7.87. The Morgan fingerprint density at radius 1 is 1.17 bits per heavy atom. The van der Waals surface area contributed by atoms with Gasteiger partial charge in [0.05, 0.1) is 6.42 Å². The number of para-hydroxylation sites is 1. The van der Waals surface area contributed by atoms with Crippen LogP contribution in [0, 0.1) is 0 Å². The van der Waals surface area contributed by atoms with E-state index in [1.807, 2.05) is 13.0 Å². The summed E-state index contributed by atoms with van der Waals surface area (Å²) >= 11 is 0. The third-order valence-electron chi connectivity index (χ3n) is 3.87. The fraction of sp³-hybridized carbons (Fsp3) is 0.500. The van der Waals surface area contributed by atoms with Gasteiger partial charge in [0, 0.05) is 26.5 Å². The zero-order valence-corrected chi connectivity index (χ0v) is 15.4. The van der Waals surface area contributed by atoms with E-state index in [0.717, 1.165) is 0 Å². The number of hydrogen-bond acceptors (Lipinski definition) is 5. The van der Waals surface area contributed by atoms with Crippen molar-refractivity contribution in [3.8, 4) is 0 Å². The van der Waals surface area contributed by atoms with Gasteiger partial charge < -0.3 is 24.0 Å². The van der Waals surface area contributed by atoms with Crippen LogP contribution in [0.1, 0.15) is 19.8 Å². The first-order chi connectivity index (χ1) is 11.4. The first-order valence-electron chi connectivity index (χ1n) is 7.72. The molecule has 0 aliphatic rings. The van der Waals surface area contributed by atoms with Gasteiger partial charge in [0.25, 0.3) is 0 Å². The van der Waals surface area contributed by atoms with Crippen LogP contribution in [0.3, 0.4) is 0 Å². The van der Waals surface area contributed by atoms with Crippen LogP contribution >= 0.6 is 0 Å². The van der Waals surface area contributed by atoms with Crippen molar-refractivity contribution in [2.24, 2.45) is 0 Å². The van der Waals surface area contributed by atoms with Gasteiger partial charge in [0.2, 0.25) is 0 Å². The topological polar surface area (TPSA) is 96.3 Å². The Bertz CT molecular complexity index is 523. The van der Waals surface area contributed by atoms with Crippen molar-refractivity contribution in [3.05, 3.63) is 30.3 Å². The molecule has 0 radical (unpaired) electrons. The predicted octanol–water partition coefficient (Wildman–Crippen LogP) is 1.71. The molecule has 0 fully saturated rings. The zero-order valence-electron chi connectivity index (χ0n) is 14.2. The minimum Gasteiger partial charge on any atom is -0.481 e. The number of aliphatic carboxylic acids is 2. The number of carboxylic acids is 2. The standard InChI is InChI=1S/C16H25NO6Si/c1-12(24(22-2)23-3)9-10-17(13-7-5-4-6-8-13)14(16(20)21)11-15(18)19/h4-8,12,14,24H,9-11H2,1-3H3,(H,18,19)(H,20,21)/t12?,14-/m0/s1. The van der Waals surface area contributed by atoms with Crippen molar-refractivity contribution in [1.82, 2.24) is 0 Å². The molecule has 0 amide bonds.